The highest BCUT2D eigenvalue weighted by molar-refractivity contribution is 5.72. The Labute approximate surface area is 95.8 Å². The van der Waals surface area contributed by atoms with E-state index >= 15 is 0 Å². The number of methoxy groups -OCH3 is 1. The smallest absolute Gasteiger partial charge is 0.219 e. The minimum Gasteiger partial charge on any atom is -0.497 e. The lowest BCUT2D eigenvalue weighted by atomic mass is 10.3. The standard InChI is InChI=1S/C12H17NO3/c1-10(14)13(2)8-9-16-12-6-4-11(15-3)5-7-12/h4-7H,8-9H2,1-3H3. The SMILES string of the molecule is COc1ccc(OCCN(C)C(C)=O)cc1. The summed E-state index contributed by atoms with van der Waals surface area (Å²) >= 11 is 0. The Morgan fingerprint density at radius 3 is 2.31 bits per heavy atom. The van der Waals surface area contributed by atoms with Gasteiger partial charge in [-0.05, 0) is 24.3 Å². The number of ether oxygens (including phenoxy) is 2. The molecule has 0 spiro atoms. The Morgan fingerprint density at radius 2 is 1.81 bits per heavy atom. The van der Waals surface area contributed by atoms with Gasteiger partial charge in [-0.3, -0.25) is 4.79 Å². The summed E-state index contributed by atoms with van der Waals surface area (Å²) in [5.74, 6) is 1.62. The molecule has 0 aliphatic carbocycles. The van der Waals surface area contributed by atoms with Crippen LogP contribution in [-0.4, -0.2) is 38.1 Å². The first-order chi connectivity index (χ1) is 7.63. The highest BCUT2D eigenvalue weighted by Gasteiger charge is 2.01. The normalized spacial score (nSPS) is 9.69. The number of hydrogen-bond donors (Lipinski definition) is 0. The van der Waals surface area contributed by atoms with Crippen LogP contribution in [-0.2, 0) is 4.79 Å². The van der Waals surface area contributed by atoms with Gasteiger partial charge >= 0.3 is 0 Å². The summed E-state index contributed by atoms with van der Waals surface area (Å²) in [6, 6.07) is 7.35. The molecule has 1 rings (SSSR count). The summed E-state index contributed by atoms with van der Waals surface area (Å²) < 4.78 is 10.5. The van der Waals surface area contributed by atoms with Crippen LogP contribution in [0.1, 0.15) is 6.92 Å². The van der Waals surface area contributed by atoms with Gasteiger partial charge in [-0.2, -0.15) is 0 Å². The van der Waals surface area contributed by atoms with E-state index < -0.39 is 0 Å². The minimum absolute atomic E-state index is 0.0401. The second-order valence-corrected chi connectivity index (χ2v) is 3.46. The number of nitrogens with zero attached hydrogens (tertiary/aromatic N) is 1. The lowest BCUT2D eigenvalue weighted by molar-refractivity contribution is -0.127. The lowest BCUT2D eigenvalue weighted by Crippen LogP contribution is -2.28. The van der Waals surface area contributed by atoms with Crippen molar-refractivity contribution in [1.29, 1.82) is 0 Å². The second-order valence-electron chi connectivity index (χ2n) is 3.46. The van der Waals surface area contributed by atoms with Crippen LogP contribution in [0.25, 0.3) is 0 Å². The van der Waals surface area contributed by atoms with Crippen molar-refractivity contribution >= 4 is 5.91 Å². The quantitative estimate of drug-likeness (QED) is 0.760. The summed E-state index contributed by atoms with van der Waals surface area (Å²) in [5.41, 5.74) is 0. The fourth-order valence-corrected chi connectivity index (χ4v) is 1.13. The summed E-state index contributed by atoms with van der Waals surface area (Å²) in [7, 11) is 3.37. The fraction of sp³-hybridized carbons (Fsp3) is 0.417. The molecule has 4 nitrogen and oxygen atoms in total. The number of hydrogen-bond acceptors (Lipinski definition) is 3. The zero-order chi connectivity index (χ0) is 12.0. The summed E-state index contributed by atoms with van der Waals surface area (Å²) in [6.07, 6.45) is 0. The Hall–Kier alpha value is -1.71. The molecule has 0 bridgehead atoms. The fourth-order valence-electron chi connectivity index (χ4n) is 1.13. The van der Waals surface area contributed by atoms with Crippen LogP contribution < -0.4 is 9.47 Å². The van der Waals surface area contributed by atoms with Crippen LogP contribution in [0.2, 0.25) is 0 Å². The van der Waals surface area contributed by atoms with Crippen LogP contribution in [0.3, 0.4) is 0 Å². The van der Waals surface area contributed by atoms with Crippen LogP contribution >= 0.6 is 0 Å². The van der Waals surface area contributed by atoms with Gasteiger partial charge in [-0.1, -0.05) is 0 Å². The third-order valence-corrected chi connectivity index (χ3v) is 2.29. The van der Waals surface area contributed by atoms with Crippen molar-refractivity contribution in [1.82, 2.24) is 4.90 Å². The lowest BCUT2D eigenvalue weighted by Gasteiger charge is -2.15. The molecule has 0 aliphatic heterocycles. The zero-order valence-electron chi connectivity index (χ0n) is 9.90. The van der Waals surface area contributed by atoms with Gasteiger partial charge in [-0.25, -0.2) is 0 Å². The third-order valence-electron chi connectivity index (χ3n) is 2.29. The van der Waals surface area contributed by atoms with Crippen LogP contribution in [0.4, 0.5) is 0 Å². The predicted molar refractivity (Wildman–Crippen MR) is 61.8 cm³/mol. The number of carbonyl (C=O) groups is 1. The number of benzene rings is 1. The molecule has 1 aromatic carbocycles. The largest absolute Gasteiger partial charge is 0.497 e. The first-order valence-corrected chi connectivity index (χ1v) is 5.12. The van der Waals surface area contributed by atoms with E-state index in [4.69, 9.17) is 9.47 Å². The molecule has 1 aromatic rings. The molecule has 16 heavy (non-hydrogen) atoms. The highest BCUT2D eigenvalue weighted by Crippen LogP contribution is 2.16. The molecule has 0 heterocycles. The third kappa shape index (κ3) is 3.81. The van der Waals surface area contributed by atoms with Crippen LogP contribution in [0.15, 0.2) is 24.3 Å². The summed E-state index contributed by atoms with van der Waals surface area (Å²) in [6.45, 7) is 2.61. The molecule has 0 N–H and O–H groups in total. The van der Waals surface area contributed by atoms with Crippen molar-refractivity contribution < 1.29 is 14.3 Å². The van der Waals surface area contributed by atoms with Gasteiger partial charge in [-0.15, -0.1) is 0 Å². The van der Waals surface area contributed by atoms with Crippen molar-refractivity contribution in [3.8, 4) is 11.5 Å². The topological polar surface area (TPSA) is 38.8 Å². The maximum atomic E-state index is 10.9. The van der Waals surface area contributed by atoms with E-state index in [-0.39, 0.29) is 5.91 Å². The van der Waals surface area contributed by atoms with E-state index in [1.54, 1.807) is 19.1 Å². The molecule has 0 aromatic heterocycles. The van der Waals surface area contributed by atoms with Crippen molar-refractivity contribution in [3.05, 3.63) is 24.3 Å². The summed E-state index contributed by atoms with van der Waals surface area (Å²) in [5, 5.41) is 0. The van der Waals surface area contributed by atoms with E-state index in [0.717, 1.165) is 11.5 Å². The first-order valence-electron chi connectivity index (χ1n) is 5.12. The molecule has 88 valence electrons. The van der Waals surface area contributed by atoms with E-state index in [1.165, 1.54) is 6.92 Å². The molecule has 0 aliphatic rings. The molecule has 0 unspecified atom stereocenters. The van der Waals surface area contributed by atoms with Crippen molar-refractivity contribution in [2.45, 2.75) is 6.92 Å². The number of rotatable bonds is 5. The minimum atomic E-state index is 0.0401. The number of amides is 1. The maximum Gasteiger partial charge on any atom is 0.219 e. The average molecular weight is 223 g/mol. The monoisotopic (exact) mass is 223 g/mol. The Bertz CT molecular complexity index is 335. The zero-order valence-corrected chi connectivity index (χ0v) is 9.90. The molecule has 0 saturated carbocycles. The molecule has 0 saturated heterocycles. The van der Waals surface area contributed by atoms with Crippen LogP contribution in [0, 0.1) is 0 Å². The van der Waals surface area contributed by atoms with E-state index in [9.17, 15) is 4.79 Å². The second kappa shape index (κ2) is 6.00. The molecule has 0 fully saturated rings. The van der Waals surface area contributed by atoms with Gasteiger partial charge in [0.2, 0.25) is 5.91 Å². The molecule has 0 radical (unpaired) electrons. The van der Waals surface area contributed by atoms with Gasteiger partial charge in [0.1, 0.15) is 18.1 Å². The molecular formula is C12H17NO3. The highest BCUT2D eigenvalue weighted by atomic mass is 16.5. The van der Waals surface area contributed by atoms with Gasteiger partial charge in [0, 0.05) is 14.0 Å². The molecule has 4 heteroatoms. The first kappa shape index (κ1) is 12.4. The Kier molecular flexibility index (Phi) is 4.64. The Morgan fingerprint density at radius 1 is 1.25 bits per heavy atom. The number of carbonyl (C=O) groups excluding carboxylic acids is 1. The average Bonchev–Trinajstić information content (AvgIpc) is 2.29. The van der Waals surface area contributed by atoms with E-state index in [2.05, 4.69) is 0 Å². The maximum absolute atomic E-state index is 10.9. The molecule has 0 atom stereocenters. The van der Waals surface area contributed by atoms with Crippen molar-refractivity contribution in [2.75, 3.05) is 27.3 Å². The predicted octanol–water partition coefficient (Wildman–Crippen LogP) is 1.55. The molecule has 1 amide bonds. The number of likely N-dealkylation sites (N-methyl/N-ethyl adjacent to an activating group) is 1. The van der Waals surface area contributed by atoms with Crippen molar-refractivity contribution in [2.24, 2.45) is 0 Å². The van der Waals surface area contributed by atoms with Gasteiger partial charge in [0.15, 0.2) is 0 Å². The van der Waals surface area contributed by atoms with Gasteiger partial charge in [0.25, 0.3) is 0 Å². The van der Waals surface area contributed by atoms with Gasteiger partial charge in [0.05, 0.1) is 13.7 Å². The van der Waals surface area contributed by atoms with E-state index in [0.29, 0.717) is 13.2 Å². The van der Waals surface area contributed by atoms with Gasteiger partial charge < -0.3 is 14.4 Å². The van der Waals surface area contributed by atoms with Crippen molar-refractivity contribution in [3.63, 3.8) is 0 Å². The van der Waals surface area contributed by atoms with Crippen LogP contribution in [0.5, 0.6) is 11.5 Å². The summed E-state index contributed by atoms with van der Waals surface area (Å²) in [4.78, 5) is 12.5. The Balaban J connectivity index is 2.34. The van der Waals surface area contributed by atoms with E-state index in [1.807, 2.05) is 24.3 Å². The molecular weight excluding hydrogens is 206 g/mol.